The highest BCUT2D eigenvalue weighted by Gasteiger charge is 2.27. The van der Waals surface area contributed by atoms with Crippen molar-refractivity contribution in [1.82, 2.24) is 21.2 Å². The number of nitrogens with zero attached hydrogens (tertiary/aromatic N) is 1. The van der Waals surface area contributed by atoms with Crippen molar-refractivity contribution in [3.63, 3.8) is 0 Å². The van der Waals surface area contributed by atoms with E-state index < -0.39 is 23.8 Å². The number of aromatic nitrogens is 1. The molecule has 12 heteroatoms. The van der Waals surface area contributed by atoms with Crippen molar-refractivity contribution >= 4 is 47.1 Å². The van der Waals surface area contributed by atoms with Gasteiger partial charge in [0.2, 0.25) is 12.8 Å². The molecule has 5 N–H and O–H groups in total. The van der Waals surface area contributed by atoms with Gasteiger partial charge >= 0.3 is 17.8 Å². The molecule has 0 aromatic carbocycles. The van der Waals surface area contributed by atoms with E-state index in [0.29, 0.717) is 6.41 Å². The average molecular weight is 315 g/mol. The zero-order valence-corrected chi connectivity index (χ0v) is 11.0. The number of hydrogen-bond donors (Lipinski definition) is 5. The number of carbonyl (C=O) groups is 5. The van der Waals surface area contributed by atoms with Crippen molar-refractivity contribution in [2.75, 3.05) is 5.32 Å². The summed E-state index contributed by atoms with van der Waals surface area (Å²) in [6.07, 6.45) is 0.479. The quantitative estimate of drug-likeness (QED) is 0.215. The number of anilines is 1. The Labute approximate surface area is 120 Å². The van der Waals surface area contributed by atoms with E-state index in [1.807, 2.05) is 5.32 Å². The lowest BCUT2D eigenvalue weighted by atomic mass is 10.2. The molecule has 4 amide bonds. The molecular formula is C9H9N5O6S. The van der Waals surface area contributed by atoms with Crippen LogP contribution in [-0.4, -0.2) is 40.7 Å². The predicted molar refractivity (Wildman–Crippen MR) is 67.7 cm³/mol. The fourth-order valence-corrected chi connectivity index (χ4v) is 1.84. The van der Waals surface area contributed by atoms with Gasteiger partial charge in [0.15, 0.2) is 11.2 Å². The van der Waals surface area contributed by atoms with Crippen molar-refractivity contribution < 1.29 is 29.1 Å². The topological polar surface area (TPSA) is 167 Å². The highest BCUT2D eigenvalue weighted by molar-refractivity contribution is 7.13. The molecule has 0 bridgehead atoms. The summed E-state index contributed by atoms with van der Waals surface area (Å²) in [5.74, 6) is -3.99. The van der Waals surface area contributed by atoms with Gasteiger partial charge in [0.25, 0.3) is 0 Å². The smallest absolute Gasteiger partial charge is 0.332 e. The van der Waals surface area contributed by atoms with Crippen LogP contribution < -0.4 is 21.5 Å². The van der Waals surface area contributed by atoms with Crippen LogP contribution in [0.2, 0.25) is 0 Å². The largest absolute Gasteiger partial charge is 0.479 e. The van der Waals surface area contributed by atoms with Crippen LogP contribution in [0.5, 0.6) is 0 Å². The molecular weight excluding hydrogens is 306 g/mol. The summed E-state index contributed by atoms with van der Waals surface area (Å²) in [5.41, 5.74) is 3.39. The third kappa shape index (κ3) is 4.54. The molecule has 1 unspecified atom stereocenters. The molecule has 21 heavy (non-hydrogen) atoms. The average Bonchev–Trinajstić information content (AvgIpc) is 2.90. The second kappa shape index (κ2) is 7.54. The zero-order valence-electron chi connectivity index (χ0n) is 10.2. The summed E-state index contributed by atoms with van der Waals surface area (Å²) in [6.45, 7) is 0. The van der Waals surface area contributed by atoms with E-state index in [-0.39, 0.29) is 17.2 Å². The number of rotatable bonds is 7. The summed E-state index contributed by atoms with van der Waals surface area (Å²) in [5, 5.41) is 14.6. The fraction of sp³-hybridized carbons (Fsp3) is 0.111. The molecule has 1 aromatic rings. The van der Waals surface area contributed by atoms with Gasteiger partial charge in [-0.05, 0) is 0 Å². The van der Waals surface area contributed by atoms with Gasteiger partial charge in [-0.2, -0.15) is 0 Å². The third-order valence-corrected chi connectivity index (χ3v) is 2.77. The van der Waals surface area contributed by atoms with Crippen LogP contribution in [0.25, 0.3) is 0 Å². The fourth-order valence-electron chi connectivity index (χ4n) is 1.15. The van der Waals surface area contributed by atoms with Crippen molar-refractivity contribution in [3.05, 3.63) is 11.1 Å². The summed E-state index contributed by atoms with van der Waals surface area (Å²) in [4.78, 5) is 57.7. The number of thiazole rings is 1. The summed E-state index contributed by atoms with van der Waals surface area (Å²) < 4.78 is 0. The second-order valence-electron chi connectivity index (χ2n) is 3.30. The van der Waals surface area contributed by atoms with Crippen LogP contribution in [0.4, 0.5) is 5.13 Å². The minimum Gasteiger partial charge on any atom is -0.479 e. The Balaban J connectivity index is 2.79. The summed E-state index contributed by atoms with van der Waals surface area (Å²) in [6, 6.07) is -1.59. The van der Waals surface area contributed by atoms with Crippen molar-refractivity contribution in [2.24, 2.45) is 0 Å². The number of hydrazine groups is 1. The Bertz CT molecular complexity index is 573. The Morgan fingerprint density at radius 1 is 1.24 bits per heavy atom. The minimum absolute atomic E-state index is 0.0682. The van der Waals surface area contributed by atoms with Gasteiger partial charge < -0.3 is 15.7 Å². The van der Waals surface area contributed by atoms with Gasteiger partial charge in [0.05, 0.1) is 5.69 Å². The minimum atomic E-state index is -1.59. The standard InChI is InChI=1S/C9H9N5O6S/c15-2-10-9-12-4(1-21-9)5(8(19)20)13-6(17)7(18)14-11-3-16/h1-3,5H,(H,11,16)(H,13,17)(H,14,18)(H,19,20)(H,10,12,15). The van der Waals surface area contributed by atoms with E-state index in [4.69, 9.17) is 5.11 Å². The maximum atomic E-state index is 11.4. The first-order chi connectivity index (χ1) is 9.99. The van der Waals surface area contributed by atoms with Crippen LogP contribution in [0, 0.1) is 0 Å². The molecule has 11 nitrogen and oxygen atoms in total. The highest BCUT2D eigenvalue weighted by atomic mass is 32.1. The molecule has 0 aliphatic heterocycles. The molecule has 1 atom stereocenters. The van der Waals surface area contributed by atoms with E-state index >= 15 is 0 Å². The molecule has 1 rings (SSSR count). The molecule has 0 aliphatic rings. The Morgan fingerprint density at radius 3 is 2.52 bits per heavy atom. The van der Waals surface area contributed by atoms with Gasteiger partial charge in [0.1, 0.15) is 0 Å². The Hall–Kier alpha value is -3.02. The molecule has 0 fully saturated rings. The summed E-state index contributed by atoms with van der Waals surface area (Å²) in [7, 11) is 0. The second-order valence-corrected chi connectivity index (χ2v) is 4.16. The molecule has 0 radical (unpaired) electrons. The molecule has 112 valence electrons. The zero-order chi connectivity index (χ0) is 15.8. The SMILES string of the molecule is O=CNNC(=O)C(=O)NC(C(=O)O)c1csc(NC=O)n1. The normalized spacial score (nSPS) is 10.9. The van der Waals surface area contributed by atoms with E-state index in [1.165, 1.54) is 5.38 Å². The van der Waals surface area contributed by atoms with Gasteiger partial charge in [-0.25, -0.2) is 9.78 Å². The van der Waals surface area contributed by atoms with Gasteiger partial charge in [-0.1, -0.05) is 0 Å². The number of nitrogens with one attached hydrogen (secondary N) is 4. The van der Waals surface area contributed by atoms with Gasteiger partial charge in [-0.15, -0.1) is 11.3 Å². The lowest BCUT2D eigenvalue weighted by Gasteiger charge is -2.11. The predicted octanol–water partition coefficient (Wildman–Crippen LogP) is -2.27. The Kier molecular flexibility index (Phi) is 5.76. The van der Waals surface area contributed by atoms with Crippen molar-refractivity contribution in [3.8, 4) is 0 Å². The molecule has 0 saturated heterocycles. The van der Waals surface area contributed by atoms with E-state index in [2.05, 4.69) is 10.3 Å². The van der Waals surface area contributed by atoms with E-state index in [9.17, 15) is 24.0 Å². The van der Waals surface area contributed by atoms with E-state index in [1.54, 1.807) is 10.9 Å². The van der Waals surface area contributed by atoms with Crippen LogP contribution in [0.15, 0.2) is 5.38 Å². The molecule has 0 saturated carbocycles. The number of carboxylic acids is 1. The molecule has 1 heterocycles. The number of amides is 4. The van der Waals surface area contributed by atoms with Crippen LogP contribution in [0.3, 0.4) is 0 Å². The first-order valence-electron chi connectivity index (χ1n) is 5.18. The first-order valence-corrected chi connectivity index (χ1v) is 6.06. The Morgan fingerprint density at radius 2 is 1.95 bits per heavy atom. The third-order valence-electron chi connectivity index (χ3n) is 1.97. The highest BCUT2D eigenvalue weighted by Crippen LogP contribution is 2.20. The molecule has 0 aliphatic carbocycles. The first kappa shape index (κ1) is 16.0. The number of hydrogen-bond acceptors (Lipinski definition) is 7. The number of carbonyl (C=O) groups excluding carboxylic acids is 4. The van der Waals surface area contributed by atoms with Crippen LogP contribution in [-0.2, 0) is 24.0 Å². The maximum Gasteiger partial charge on any atom is 0.332 e. The molecule has 0 spiro atoms. The lowest BCUT2D eigenvalue weighted by Crippen LogP contribution is -2.47. The van der Waals surface area contributed by atoms with Crippen molar-refractivity contribution in [2.45, 2.75) is 6.04 Å². The lowest BCUT2D eigenvalue weighted by molar-refractivity contribution is -0.145. The molecule has 1 aromatic heterocycles. The maximum absolute atomic E-state index is 11.4. The van der Waals surface area contributed by atoms with E-state index in [0.717, 1.165) is 11.3 Å². The number of aliphatic carboxylic acids is 1. The van der Waals surface area contributed by atoms with Crippen LogP contribution >= 0.6 is 11.3 Å². The van der Waals surface area contributed by atoms with Gasteiger partial charge in [-0.3, -0.25) is 30.0 Å². The monoisotopic (exact) mass is 315 g/mol. The van der Waals surface area contributed by atoms with Gasteiger partial charge in [0, 0.05) is 5.38 Å². The number of carboxylic acid groups (broad SMARTS) is 1. The van der Waals surface area contributed by atoms with Crippen LogP contribution in [0.1, 0.15) is 11.7 Å². The summed E-state index contributed by atoms with van der Waals surface area (Å²) >= 11 is 0.942. The van der Waals surface area contributed by atoms with Crippen molar-refractivity contribution in [1.29, 1.82) is 0 Å².